The summed E-state index contributed by atoms with van der Waals surface area (Å²) < 4.78 is 5.15. The molecule has 0 aromatic heterocycles. The van der Waals surface area contributed by atoms with E-state index in [-0.39, 0.29) is 12.8 Å². The zero-order valence-electron chi connectivity index (χ0n) is 12.0. The van der Waals surface area contributed by atoms with Crippen LogP contribution in [0.2, 0.25) is 0 Å². The standard InChI is InChI=1S/C13H21NO5/c1-6-13(10(16)17)7-8(2)9(15)14(13)11(18)19-12(3,4)5/h8H,6-7H2,1-5H3,(H,16,17)/t8?,13-/m0/s1. The molecule has 6 heteroatoms. The van der Waals surface area contributed by atoms with Crippen LogP contribution >= 0.6 is 0 Å². The minimum Gasteiger partial charge on any atom is -0.479 e. The number of carbonyl (C=O) groups excluding carboxylic acids is 2. The summed E-state index contributed by atoms with van der Waals surface area (Å²) >= 11 is 0. The molecule has 1 rings (SSSR count). The van der Waals surface area contributed by atoms with Gasteiger partial charge in [0.25, 0.3) is 0 Å². The van der Waals surface area contributed by atoms with Crippen LogP contribution in [0.1, 0.15) is 47.5 Å². The molecule has 1 aliphatic rings. The van der Waals surface area contributed by atoms with Gasteiger partial charge in [-0.1, -0.05) is 13.8 Å². The highest BCUT2D eigenvalue weighted by Crippen LogP contribution is 2.38. The van der Waals surface area contributed by atoms with E-state index in [1.807, 2.05) is 0 Å². The zero-order chi connectivity index (χ0) is 15.0. The van der Waals surface area contributed by atoms with Gasteiger partial charge in [-0.05, 0) is 33.6 Å². The average molecular weight is 271 g/mol. The third-order valence-corrected chi connectivity index (χ3v) is 3.27. The maximum absolute atomic E-state index is 12.1. The van der Waals surface area contributed by atoms with Crippen LogP contribution in [-0.4, -0.2) is 39.1 Å². The van der Waals surface area contributed by atoms with Gasteiger partial charge in [-0.25, -0.2) is 14.5 Å². The first-order chi connectivity index (χ1) is 8.55. The summed E-state index contributed by atoms with van der Waals surface area (Å²) in [4.78, 5) is 36.5. The molecular formula is C13H21NO5. The molecule has 1 unspecified atom stereocenters. The van der Waals surface area contributed by atoms with E-state index in [1.165, 1.54) is 0 Å². The fraction of sp³-hybridized carbons (Fsp3) is 0.769. The van der Waals surface area contributed by atoms with E-state index < -0.39 is 35.0 Å². The van der Waals surface area contributed by atoms with Crippen LogP contribution in [-0.2, 0) is 14.3 Å². The van der Waals surface area contributed by atoms with E-state index in [2.05, 4.69) is 0 Å². The van der Waals surface area contributed by atoms with E-state index >= 15 is 0 Å². The fourth-order valence-corrected chi connectivity index (χ4v) is 2.33. The Morgan fingerprint density at radius 3 is 2.37 bits per heavy atom. The van der Waals surface area contributed by atoms with Gasteiger partial charge in [0.15, 0.2) is 5.54 Å². The highest BCUT2D eigenvalue weighted by Gasteiger charge is 2.57. The van der Waals surface area contributed by atoms with Gasteiger partial charge in [-0.3, -0.25) is 4.79 Å². The Bertz CT molecular complexity index is 412. The van der Waals surface area contributed by atoms with Crippen LogP contribution in [0.3, 0.4) is 0 Å². The van der Waals surface area contributed by atoms with E-state index in [9.17, 15) is 19.5 Å². The van der Waals surface area contributed by atoms with Crippen molar-refractivity contribution in [3.05, 3.63) is 0 Å². The molecule has 0 spiro atoms. The van der Waals surface area contributed by atoms with E-state index in [0.717, 1.165) is 4.90 Å². The van der Waals surface area contributed by atoms with Gasteiger partial charge >= 0.3 is 12.1 Å². The van der Waals surface area contributed by atoms with Crippen molar-refractivity contribution >= 4 is 18.0 Å². The minimum atomic E-state index is -1.49. The lowest BCUT2D eigenvalue weighted by Crippen LogP contribution is -2.55. The third kappa shape index (κ3) is 2.72. The predicted octanol–water partition coefficient (Wildman–Crippen LogP) is 2.02. The number of imide groups is 1. The second kappa shape index (κ2) is 4.83. The van der Waals surface area contributed by atoms with Gasteiger partial charge < -0.3 is 9.84 Å². The first kappa shape index (κ1) is 15.5. The van der Waals surface area contributed by atoms with Gasteiger partial charge in [0.1, 0.15) is 5.60 Å². The lowest BCUT2D eigenvalue weighted by molar-refractivity contribution is -0.153. The molecule has 6 nitrogen and oxygen atoms in total. The zero-order valence-corrected chi connectivity index (χ0v) is 12.0. The molecule has 1 saturated heterocycles. The number of likely N-dealkylation sites (tertiary alicyclic amines) is 1. The van der Waals surface area contributed by atoms with Gasteiger partial charge in [-0.15, -0.1) is 0 Å². The molecule has 1 heterocycles. The van der Waals surface area contributed by atoms with Crippen molar-refractivity contribution in [2.75, 3.05) is 0 Å². The number of rotatable bonds is 2. The number of amides is 2. The van der Waals surface area contributed by atoms with Crippen molar-refractivity contribution in [1.82, 2.24) is 4.90 Å². The van der Waals surface area contributed by atoms with Crippen LogP contribution in [0.5, 0.6) is 0 Å². The van der Waals surface area contributed by atoms with E-state index in [1.54, 1.807) is 34.6 Å². The maximum atomic E-state index is 12.1. The van der Waals surface area contributed by atoms with E-state index in [0.29, 0.717) is 0 Å². The number of nitrogens with zero attached hydrogens (tertiary/aromatic N) is 1. The van der Waals surface area contributed by atoms with Crippen LogP contribution in [0.4, 0.5) is 4.79 Å². The molecule has 2 amide bonds. The van der Waals surface area contributed by atoms with Crippen molar-refractivity contribution < 1.29 is 24.2 Å². The van der Waals surface area contributed by atoms with Crippen molar-refractivity contribution in [2.45, 2.75) is 58.6 Å². The van der Waals surface area contributed by atoms with Gasteiger partial charge in [0.05, 0.1) is 0 Å². The lowest BCUT2D eigenvalue weighted by Gasteiger charge is -2.33. The van der Waals surface area contributed by atoms with Crippen LogP contribution in [0, 0.1) is 5.92 Å². The second-order valence-corrected chi connectivity index (χ2v) is 5.95. The van der Waals surface area contributed by atoms with Crippen LogP contribution < -0.4 is 0 Å². The molecule has 1 aliphatic heterocycles. The molecular weight excluding hydrogens is 250 g/mol. The third-order valence-electron chi connectivity index (χ3n) is 3.27. The van der Waals surface area contributed by atoms with Crippen molar-refractivity contribution in [3.8, 4) is 0 Å². The molecule has 1 N–H and O–H groups in total. The molecule has 19 heavy (non-hydrogen) atoms. The predicted molar refractivity (Wildman–Crippen MR) is 67.5 cm³/mol. The first-order valence-corrected chi connectivity index (χ1v) is 6.35. The summed E-state index contributed by atoms with van der Waals surface area (Å²) in [6.07, 6.45) is -0.597. The number of carboxylic acids is 1. The Hall–Kier alpha value is -1.59. The number of aliphatic carboxylic acids is 1. The largest absolute Gasteiger partial charge is 0.479 e. The van der Waals surface area contributed by atoms with Crippen molar-refractivity contribution in [2.24, 2.45) is 5.92 Å². The molecule has 2 atom stereocenters. The lowest BCUT2D eigenvalue weighted by atomic mass is 9.90. The average Bonchev–Trinajstić information content (AvgIpc) is 2.50. The Morgan fingerprint density at radius 2 is 2.00 bits per heavy atom. The normalized spacial score (nSPS) is 27.5. The van der Waals surface area contributed by atoms with Crippen LogP contribution in [0.15, 0.2) is 0 Å². The Balaban J connectivity index is 3.16. The quantitative estimate of drug-likeness (QED) is 0.830. The molecule has 0 bridgehead atoms. The number of carboxylic acid groups (broad SMARTS) is 1. The summed E-state index contributed by atoms with van der Waals surface area (Å²) in [6, 6.07) is 0. The number of ether oxygens (including phenoxy) is 1. The summed E-state index contributed by atoms with van der Waals surface area (Å²) in [5.74, 6) is -2.15. The number of hydrogen-bond donors (Lipinski definition) is 1. The van der Waals surface area contributed by atoms with Crippen molar-refractivity contribution in [1.29, 1.82) is 0 Å². The minimum absolute atomic E-state index is 0.122. The van der Waals surface area contributed by atoms with Crippen molar-refractivity contribution in [3.63, 3.8) is 0 Å². The molecule has 0 aromatic rings. The number of hydrogen-bond acceptors (Lipinski definition) is 4. The highest BCUT2D eigenvalue weighted by atomic mass is 16.6. The van der Waals surface area contributed by atoms with Gasteiger partial charge in [-0.2, -0.15) is 0 Å². The van der Waals surface area contributed by atoms with Crippen LogP contribution in [0.25, 0.3) is 0 Å². The maximum Gasteiger partial charge on any atom is 0.418 e. The van der Waals surface area contributed by atoms with Gasteiger partial charge in [0.2, 0.25) is 5.91 Å². The molecule has 0 aliphatic carbocycles. The first-order valence-electron chi connectivity index (χ1n) is 6.35. The highest BCUT2D eigenvalue weighted by molar-refractivity contribution is 6.02. The molecule has 0 radical (unpaired) electrons. The molecule has 108 valence electrons. The molecule has 0 saturated carbocycles. The Kier molecular flexibility index (Phi) is 3.93. The Labute approximate surface area is 112 Å². The molecule has 1 fully saturated rings. The Morgan fingerprint density at radius 1 is 1.47 bits per heavy atom. The van der Waals surface area contributed by atoms with E-state index in [4.69, 9.17) is 4.74 Å². The molecule has 0 aromatic carbocycles. The fourth-order valence-electron chi connectivity index (χ4n) is 2.33. The topological polar surface area (TPSA) is 83.9 Å². The summed E-state index contributed by atoms with van der Waals surface area (Å²) in [6.45, 7) is 8.28. The summed E-state index contributed by atoms with van der Waals surface area (Å²) in [5, 5.41) is 9.42. The van der Waals surface area contributed by atoms with Gasteiger partial charge in [0, 0.05) is 5.92 Å². The monoisotopic (exact) mass is 271 g/mol. The SMILES string of the molecule is CC[C@@]1(C(=O)O)CC(C)C(=O)N1C(=O)OC(C)(C)C. The smallest absolute Gasteiger partial charge is 0.418 e. The second-order valence-electron chi connectivity index (χ2n) is 5.95. The number of carbonyl (C=O) groups is 3. The summed E-state index contributed by atoms with van der Waals surface area (Å²) in [5.41, 5.74) is -2.26. The summed E-state index contributed by atoms with van der Waals surface area (Å²) in [7, 11) is 0.